The quantitative estimate of drug-likeness (QED) is 0.479. The molecule has 1 saturated heterocycles. The Labute approximate surface area is 177 Å². The summed E-state index contributed by atoms with van der Waals surface area (Å²) in [6.45, 7) is 4.06. The Morgan fingerprint density at radius 2 is 1.93 bits per heavy atom. The van der Waals surface area contributed by atoms with Gasteiger partial charge in [0.15, 0.2) is 5.82 Å². The average molecular weight is 407 g/mol. The number of hydrogen-bond donors (Lipinski definition) is 0. The van der Waals surface area contributed by atoms with E-state index in [2.05, 4.69) is 48.5 Å². The minimum absolute atomic E-state index is 0.530. The van der Waals surface area contributed by atoms with Gasteiger partial charge in [-0.2, -0.15) is 9.90 Å². The molecular weight excluding hydrogens is 376 g/mol. The smallest absolute Gasteiger partial charge is 0.204 e. The minimum atomic E-state index is 0.530. The molecule has 0 N–H and O–H groups in total. The Kier molecular flexibility index (Phi) is 6.97. The molecule has 1 aliphatic rings. The predicted octanol–water partition coefficient (Wildman–Crippen LogP) is 2.90. The van der Waals surface area contributed by atoms with Gasteiger partial charge in [-0.1, -0.05) is 36.8 Å². The van der Waals surface area contributed by atoms with Crippen LogP contribution in [0.4, 0.5) is 5.82 Å². The van der Waals surface area contributed by atoms with Gasteiger partial charge in [-0.05, 0) is 56.6 Å². The van der Waals surface area contributed by atoms with Gasteiger partial charge in [0, 0.05) is 30.9 Å². The zero-order valence-electron chi connectivity index (χ0n) is 17.6. The van der Waals surface area contributed by atoms with Crippen LogP contribution in [0.1, 0.15) is 32.1 Å². The van der Waals surface area contributed by atoms with Crippen molar-refractivity contribution in [3.05, 3.63) is 48.7 Å². The highest BCUT2D eigenvalue weighted by atomic mass is 15.6. The number of likely N-dealkylation sites (N-methyl/N-ethyl adjacent to an activating group) is 1. The van der Waals surface area contributed by atoms with Crippen LogP contribution < -0.4 is 4.90 Å². The van der Waals surface area contributed by atoms with Crippen molar-refractivity contribution in [1.29, 1.82) is 0 Å². The van der Waals surface area contributed by atoms with Gasteiger partial charge in [0.1, 0.15) is 0 Å². The number of aromatic nitrogens is 6. The lowest BCUT2D eigenvalue weighted by Gasteiger charge is -2.29. The molecule has 1 atom stereocenters. The molecule has 0 amide bonds. The lowest BCUT2D eigenvalue weighted by atomic mass is 10.2. The van der Waals surface area contributed by atoms with E-state index in [1.165, 1.54) is 19.3 Å². The van der Waals surface area contributed by atoms with Crippen LogP contribution >= 0.6 is 0 Å². The van der Waals surface area contributed by atoms with Crippen molar-refractivity contribution in [2.24, 2.45) is 0 Å². The second kappa shape index (κ2) is 10.2. The van der Waals surface area contributed by atoms with Crippen molar-refractivity contribution >= 4 is 5.82 Å². The number of benzene rings is 1. The molecule has 158 valence electrons. The third-order valence-corrected chi connectivity index (χ3v) is 5.63. The summed E-state index contributed by atoms with van der Waals surface area (Å²) in [5, 5.41) is 21.2. The van der Waals surface area contributed by atoms with Crippen LogP contribution in [0, 0.1) is 0 Å². The van der Waals surface area contributed by atoms with Crippen molar-refractivity contribution in [3.63, 3.8) is 0 Å². The van der Waals surface area contributed by atoms with Gasteiger partial charge < -0.3 is 9.80 Å². The van der Waals surface area contributed by atoms with Gasteiger partial charge in [0.05, 0.1) is 6.54 Å². The fourth-order valence-corrected chi connectivity index (χ4v) is 4.08. The number of nitrogens with zero attached hydrogens (tertiary/aromatic N) is 8. The summed E-state index contributed by atoms with van der Waals surface area (Å²) in [4.78, 5) is 6.56. The van der Waals surface area contributed by atoms with E-state index in [0.29, 0.717) is 11.9 Å². The molecule has 1 fully saturated rings. The first kappa shape index (κ1) is 20.4. The highest BCUT2D eigenvalue weighted by Gasteiger charge is 2.26. The van der Waals surface area contributed by atoms with Crippen LogP contribution in [0.3, 0.4) is 0 Å². The molecule has 0 radical (unpaired) electrons. The van der Waals surface area contributed by atoms with Crippen LogP contribution in [0.15, 0.2) is 48.7 Å². The lowest BCUT2D eigenvalue weighted by molar-refractivity contribution is 0.300. The summed E-state index contributed by atoms with van der Waals surface area (Å²) in [6, 6.07) is 14.5. The molecule has 30 heavy (non-hydrogen) atoms. The van der Waals surface area contributed by atoms with Crippen molar-refractivity contribution in [3.8, 4) is 11.4 Å². The third-order valence-electron chi connectivity index (χ3n) is 5.63. The molecule has 1 unspecified atom stereocenters. The van der Waals surface area contributed by atoms with E-state index in [0.717, 1.165) is 50.4 Å². The van der Waals surface area contributed by atoms with Crippen molar-refractivity contribution in [1.82, 2.24) is 35.3 Å². The van der Waals surface area contributed by atoms with Crippen molar-refractivity contribution < 1.29 is 0 Å². The molecule has 1 aliphatic heterocycles. The summed E-state index contributed by atoms with van der Waals surface area (Å²) in [6.07, 6.45) is 7.58. The lowest BCUT2D eigenvalue weighted by Crippen LogP contribution is -2.39. The Bertz CT molecular complexity index is 882. The fraction of sp³-hybridized carbons (Fsp3) is 0.500. The third kappa shape index (κ3) is 5.38. The molecule has 8 heteroatoms. The molecular formula is C22H30N8. The number of aryl methyl sites for hydroxylation is 1. The van der Waals surface area contributed by atoms with Gasteiger partial charge in [-0.25, -0.2) is 0 Å². The van der Waals surface area contributed by atoms with E-state index < -0.39 is 0 Å². The topological polar surface area (TPSA) is 75.9 Å². The molecule has 3 aromatic rings. The molecule has 1 aromatic carbocycles. The zero-order chi connectivity index (χ0) is 20.6. The SMILES string of the molecule is CN(CCCCCn1nnc(-c2ccccc2)n1)CC1CCCN1c1cccnn1. The molecule has 3 heterocycles. The molecule has 4 rings (SSSR count). The standard InChI is InChI=1S/C22H30N8/c1-28(18-20-12-9-16-29(20)21-13-8-14-23-24-21)15-6-3-7-17-30-26-22(25-27-30)19-10-4-2-5-11-19/h2,4-5,8,10-11,13-14,20H,3,6-7,9,12,15-18H2,1H3. The summed E-state index contributed by atoms with van der Waals surface area (Å²) in [5.41, 5.74) is 1.01. The zero-order valence-corrected chi connectivity index (χ0v) is 17.6. The monoisotopic (exact) mass is 406 g/mol. The highest BCUT2D eigenvalue weighted by molar-refractivity contribution is 5.52. The summed E-state index contributed by atoms with van der Waals surface area (Å²) in [7, 11) is 2.22. The van der Waals surface area contributed by atoms with Crippen LogP contribution in [0.2, 0.25) is 0 Å². The number of tetrazole rings is 1. The van der Waals surface area contributed by atoms with Crippen LogP contribution in [0.5, 0.6) is 0 Å². The number of unbranched alkanes of at least 4 members (excludes halogenated alkanes) is 2. The first-order chi connectivity index (χ1) is 14.8. The summed E-state index contributed by atoms with van der Waals surface area (Å²) in [5.74, 6) is 1.70. The molecule has 0 aliphatic carbocycles. The van der Waals surface area contributed by atoms with E-state index in [1.807, 2.05) is 36.4 Å². The maximum Gasteiger partial charge on any atom is 0.204 e. The summed E-state index contributed by atoms with van der Waals surface area (Å²) >= 11 is 0. The maximum atomic E-state index is 4.49. The predicted molar refractivity (Wildman–Crippen MR) is 117 cm³/mol. The average Bonchev–Trinajstić information content (AvgIpc) is 3.44. The normalized spacial score (nSPS) is 16.5. The first-order valence-electron chi connectivity index (χ1n) is 10.9. The molecule has 8 nitrogen and oxygen atoms in total. The molecule has 0 bridgehead atoms. The van der Waals surface area contributed by atoms with Crippen LogP contribution in [-0.4, -0.2) is 68.0 Å². The number of anilines is 1. The second-order valence-corrected chi connectivity index (χ2v) is 7.97. The second-order valence-electron chi connectivity index (χ2n) is 7.97. The van der Waals surface area contributed by atoms with Crippen LogP contribution in [-0.2, 0) is 6.54 Å². The number of rotatable bonds is 10. The fourth-order valence-electron chi connectivity index (χ4n) is 4.08. The van der Waals surface area contributed by atoms with Gasteiger partial charge >= 0.3 is 0 Å². The number of hydrogen-bond acceptors (Lipinski definition) is 7. The van der Waals surface area contributed by atoms with Gasteiger partial charge in [0.2, 0.25) is 5.82 Å². The molecule has 2 aromatic heterocycles. The molecule has 0 spiro atoms. The molecule has 0 saturated carbocycles. The minimum Gasteiger partial charge on any atom is -0.351 e. The van der Waals surface area contributed by atoms with E-state index >= 15 is 0 Å². The van der Waals surface area contributed by atoms with Crippen molar-refractivity contribution in [2.75, 3.05) is 31.6 Å². The van der Waals surface area contributed by atoms with Gasteiger partial charge in [-0.3, -0.25) is 0 Å². The maximum absolute atomic E-state index is 4.49. The summed E-state index contributed by atoms with van der Waals surface area (Å²) < 4.78 is 0. The van der Waals surface area contributed by atoms with Gasteiger partial charge in [-0.15, -0.1) is 15.3 Å². The van der Waals surface area contributed by atoms with Crippen molar-refractivity contribution in [2.45, 2.75) is 44.7 Å². The largest absolute Gasteiger partial charge is 0.351 e. The highest BCUT2D eigenvalue weighted by Crippen LogP contribution is 2.23. The van der Waals surface area contributed by atoms with E-state index in [-0.39, 0.29) is 0 Å². The first-order valence-corrected chi connectivity index (χ1v) is 10.9. The van der Waals surface area contributed by atoms with Gasteiger partial charge in [0.25, 0.3) is 0 Å². The van der Waals surface area contributed by atoms with E-state index in [9.17, 15) is 0 Å². The Morgan fingerprint density at radius 1 is 1.03 bits per heavy atom. The van der Waals surface area contributed by atoms with E-state index in [1.54, 1.807) is 11.0 Å². The van der Waals surface area contributed by atoms with Crippen LogP contribution in [0.25, 0.3) is 11.4 Å². The Balaban J connectivity index is 1.15. The van der Waals surface area contributed by atoms with E-state index in [4.69, 9.17) is 0 Å². The Morgan fingerprint density at radius 3 is 2.77 bits per heavy atom. The Hall–Kier alpha value is -2.87.